The molecule has 1 amide bonds. The number of likely N-dealkylation sites (tertiary alicyclic amines) is 1. The molecule has 1 aromatic heterocycles. The van der Waals surface area contributed by atoms with Crippen molar-refractivity contribution >= 4 is 23.3 Å². The number of hydrogen-bond acceptors (Lipinski definition) is 5. The molecular weight excluding hydrogens is 328 g/mol. The van der Waals surface area contributed by atoms with Gasteiger partial charge >= 0.3 is 0 Å². The number of pyridine rings is 1. The van der Waals surface area contributed by atoms with Crippen LogP contribution in [0.3, 0.4) is 0 Å². The van der Waals surface area contributed by atoms with E-state index in [2.05, 4.69) is 4.98 Å². The topological polar surface area (TPSA) is 69.5 Å². The van der Waals surface area contributed by atoms with Gasteiger partial charge in [0.05, 0.1) is 17.7 Å². The Morgan fingerprint density at radius 1 is 1.42 bits per heavy atom. The highest BCUT2D eigenvalue weighted by molar-refractivity contribution is 6.31. The van der Waals surface area contributed by atoms with Gasteiger partial charge in [-0.05, 0) is 37.8 Å². The Bertz CT molecular complexity index is 634. The van der Waals surface area contributed by atoms with E-state index in [1.807, 2.05) is 15.9 Å². The van der Waals surface area contributed by atoms with Gasteiger partial charge in [0.1, 0.15) is 11.9 Å². The summed E-state index contributed by atoms with van der Waals surface area (Å²) in [6, 6.07) is 5.41. The molecule has 0 aromatic carbocycles. The first-order valence-electron chi connectivity index (χ1n) is 8.38. The van der Waals surface area contributed by atoms with Gasteiger partial charge in [-0.15, -0.1) is 0 Å². The second-order valence-electron chi connectivity index (χ2n) is 6.22. The Morgan fingerprint density at radius 2 is 2.21 bits per heavy atom. The summed E-state index contributed by atoms with van der Waals surface area (Å²) in [6.07, 6.45) is 4.24. The highest BCUT2D eigenvalue weighted by Gasteiger charge is 2.25. The van der Waals surface area contributed by atoms with Gasteiger partial charge in [0.25, 0.3) is 0 Å². The SMILES string of the molecule is N#Cc1nc(N(CC(=O)N2CCCC2)CC2CCCO2)ccc1Cl. The molecule has 24 heavy (non-hydrogen) atoms. The van der Waals surface area contributed by atoms with Crippen molar-refractivity contribution in [2.24, 2.45) is 0 Å². The van der Waals surface area contributed by atoms with Crippen LogP contribution in [0, 0.1) is 11.3 Å². The van der Waals surface area contributed by atoms with Crippen molar-refractivity contribution in [1.29, 1.82) is 5.26 Å². The molecule has 0 N–H and O–H groups in total. The van der Waals surface area contributed by atoms with E-state index in [1.54, 1.807) is 12.1 Å². The molecular formula is C17H21ClN4O2. The summed E-state index contributed by atoms with van der Waals surface area (Å²) in [7, 11) is 0. The first kappa shape index (κ1) is 17.0. The molecule has 2 saturated heterocycles. The first-order valence-corrected chi connectivity index (χ1v) is 8.76. The van der Waals surface area contributed by atoms with Crippen molar-refractivity contribution < 1.29 is 9.53 Å². The van der Waals surface area contributed by atoms with Gasteiger partial charge in [0.2, 0.25) is 5.91 Å². The Balaban J connectivity index is 1.78. The van der Waals surface area contributed by atoms with Crippen molar-refractivity contribution in [3.05, 3.63) is 22.8 Å². The number of nitriles is 1. The minimum Gasteiger partial charge on any atom is -0.376 e. The van der Waals surface area contributed by atoms with Gasteiger partial charge in [-0.25, -0.2) is 4.98 Å². The molecule has 2 fully saturated rings. The summed E-state index contributed by atoms with van der Waals surface area (Å²) >= 11 is 5.98. The van der Waals surface area contributed by atoms with Gasteiger partial charge in [0.15, 0.2) is 5.69 Å². The molecule has 7 heteroatoms. The molecule has 0 aliphatic carbocycles. The monoisotopic (exact) mass is 348 g/mol. The van der Waals surface area contributed by atoms with E-state index in [0.717, 1.165) is 45.4 Å². The van der Waals surface area contributed by atoms with Crippen molar-refractivity contribution in [3.8, 4) is 6.07 Å². The highest BCUT2D eigenvalue weighted by Crippen LogP contribution is 2.22. The fraction of sp³-hybridized carbons (Fsp3) is 0.588. The van der Waals surface area contributed by atoms with Crippen LogP contribution in [0.4, 0.5) is 5.82 Å². The van der Waals surface area contributed by atoms with Crippen molar-refractivity contribution in [1.82, 2.24) is 9.88 Å². The van der Waals surface area contributed by atoms with Gasteiger partial charge in [-0.2, -0.15) is 5.26 Å². The van der Waals surface area contributed by atoms with E-state index >= 15 is 0 Å². The maximum Gasteiger partial charge on any atom is 0.242 e. The largest absolute Gasteiger partial charge is 0.376 e. The molecule has 128 valence electrons. The highest BCUT2D eigenvalue weighted by atomic mass is 35.5. The van der Waals surface area contributed by atoms with Crippen LogP contribution in [0.15, 0.2) is 12.1 Å². The standard InChI is InChI=1S/C17H21ClN4O2/c18-14-5-6-16(20-15(14)10-19)22(11-13-4-3-9-24-13)12-17(23)21-7-1-2-8-21/h5-6,13H,1-4,7-9,11-12H2. The minimum atomic E-state index is 0.0967. The summed E-state index contributed by atoms with van der Waals surface area (Å²) in [4.78, 5) is 20.7. The third-order valence-electron chi connectivity index (χ3n) is 4.49. The van der Waals surface area contributed by atoms with Crippen LogP contribution in [0.25, 0.3) is 0 Å². The number of hydrogen-bond donors (Lipinski definition) is 0. The van der Waals surface area contributed by atoms with Crippen molar-refractivity contribution in [2.45, 2.75) is 31.8 Å². The van der Waals surface area contributed by atoms with Crippen LogP contribution in [0.2, 0.25) is 5.02 Å². The van der Waals surface area contributed by atoms with E-state index in [9.17, 15) is 4.79 Å². The normalized spacial score (nSPS) is 20.2. The number of halogens is 1. The molecule has 2 aliphatic rings. The lowest BCUT2D eigenvalue weighted by Crippen LogP contribution is -2.42. The van der Waals surface area contributed by atoms with E-state index < -0.39 is 0 Å². The molecule has 2 aliphatic heterocycles. The smallest absolute Gasteiger partial charge is 0.242 e. The number of ether oxygens (including phenoxy) is 1. The van der Waals surface area contributed by atoms with Crippen molar-refractivity contribution in [2.75, 3.05) is 37.7 Å². The van der Waals surface area contributed by atoms with Crippen LogP contribution < -0.4 is 4.90 Å². The van der Waals surface area contributed by atoms with Crippen LogP contribution in [-0.2, 0) is 9.53 Å². The Labute approximate surface area is 147 Å². The minimum absolute atomic E-state index is 0.0967. The van der Waals surface area contributed by atoms with Gasteiger partial charge < -0.3 is 14.5 Å². The number of rotatable bonds is 5. The first-order chi connectivity index (χ1) is 11.7. The average Bonchev–Trinajstić information content (AvgIpc) is 3.28. The zero-order chi connectivity index (χ0) is 16.9. The quantitative estimate of drug-likeness (QED) is 0.816. The van der Waals surface area contributed by atoms with Crippen LogP contribution >= 0.6 is 11.6 Å². The second-order valence-corrected chi connectivity index (χ2v) is 6.62. The maximum absolute atomic E-state index is 12.5. The fourth-order valence-corrected chi connectivity index (χ4v) is 3.34. The molecule has 3 heterocycles. The van der Waals surface area contributed by atoms with Crippen LogP contribution in [-0.4, -0.2) is 54.7 Å². The fourth-order valence-electron chi connectivity index (χ4n) is 3.19. The summed E-state index contributed by atoms with van der Waals surface area (Å²) in [5.74, 6) is 0.694. The molecule has 0 spiro atoms. The third kappa shape index (κ3) is 3.97. The average molecular weight is 349 g/mol. The van der Waals surface area contributed by atoms with E-state index in [4.69, 9.17) is 21.6 Å². The van der Waals surface area contributed by atoms with Gasteiger partial charge in [0, 0.05) is 26.2 Å². The lowest BCUT2D eigenvalue weighted by Gasteiger charge is -2.28. The Hall–Kier alpha value is -1.84. The summed E-state index contributed by atoms with van der Waals surface area (Å²) < 4.78 is 5.71. The summed E-state index contributed by atoms with van der Waals surface area (Å²) in [5.41, 5.74) is 0.181. The van der Waals surface area contributed by atoms with E-state index in [-0.39, 0.29) is 24.2 Å². The molecule has 0 saturated carbocycles. The molecule has 1 unspecified atom stereocenters. The maximum atomic E-state index is 12.5. The lowest BCUT2D eigenvalue weighted by atomic mass is 10.2. The molecule has 3 rings (SSSR count). The number of anilines is 1. The summed E-state index contributed by atoms with van der Waals surface area (Å²) in [6.45, 7) is 3.25. The molecule has 1 aromatic rings. The van der Waals surface area contributed by atoms with Gasteiger partial charge in [-0.1, -0.05) is 11.6 Å². The molecule has 0 bridgehead atoms. The molecule has 0 radical (unpaired) electrons. The van der Waals surface area contributed by atoms with Gasteiger partial charge in [-0.3, -0.25) is 4.79 Å². The Morgan fingerprint density at radius 3 is 2.88 bits per heavy atom. The third-order valence-corrected chi connectivity index (χ3v) is 4.80. The van der Waals surface area contributed by atoms with E-state index in [1.165, 1.54) is 0 Å². The lowest BCUT2D eigenvalue weighted by molar-refractivity contribution is -0.128. The number of carbonyl (C=O) groups excluding carboxylic acids is 1. The number of nitrogens with zero attached hydrogens (tertiary/aromatic N) is 4. The predicted octanol–water partition coefficient (Wildman–Crippen LogP) is 2.21. The zero-order valence-corrected chi connectivity index (χ0v) is 14.3. The Kier molecular flexibility index (Phi) is 5.54. The van der Waals surface area contributed by atoms with E-state index in [0.29, 0.717) is 17.4 Å². The van der Waals surface area contributed by atoms with Crippen LogP contribution in [0.1, 0.15) is 31.4 Å². The summed E-state index contributed by atoms with van der Waals surface area (Å²) in [5, 5.41) is 9.47. The van der Waals surface area contributed by atoms with Crippen LogP contribution in [0.5, 0.6) is 0 Å². The second kappa shape index (κ2) is 7.82. The molecule has 6 nitrogen and oxygen atoms in total. The number of aromatic nitrogens is 1. The number of amides is 1. The van der Waals surface area contributed by atoms with Crippen molar-refractivity contribution in [3.63, 3.8) is 0 Å². The predicted molar refractivity (Wildman–Crippen MR) is 91.0 cm³/mol. The zero-order valence-electron chi connectivity index (χ0n) is 13.6. The molecule has 1 atom stereocenters. The number of carbonyl (C=O) groups is 1.